The van der Waals surface area contributed by atoms with Crippen LogP contribution in [0.3, 0.4) is 0 Å². The van der Waals surface area contributed by atoms with Crippen LogP contribution in [0.1, 0.15) is 20.3 Å². The van der Waals surface area contributed by atoms with Crippen molar-refractivity contribution in [2.24, 2.45) is 0 Å². The van der Waals surface area contributed by atoms with Crippen molar-refractivity contribution in [3.05, 3.63) is 0 Å². The lowest BCUT2D eigenvalue weighted by Gasteiger charge is -2.38. The summed E-state index contributed by atoms with van der Waals surface area (Å²) in [5.41, 5.74) is 0. The molecular formula is C11H25N3. The van der Waals surface area contributed by atoms with Gasteiger partial charge in [0.1, 0.15) is 0 Å². The first-order chi connectivity index (χ1) is 6.63. The van der Waals surface area contributed by atoms with E-state index in [-0.39, 0.29) is 0 Å². The highest BCUT2D eigenvalue weighted by molar-refractivity contribution is 4.77. The zero-order valence-electron chi connectivity index (χ0n) is 10.1. The quantitative estimate of drug-likeness (QED) is 0.716. The van der Waals surface area contributed by atoms with Gasteiger partial charge < -0.3 is 10.2 Å². The van der Waals surface area contributed by atoms with Crippen LogP contribution in [0.5, 0.6) is 0 Å². The van der Waals surface area contributed by atoms with E-state index in [1.165, 1.54) is 32.6 Å². The molecule has 1 aliphatic heterocycles. The van der Waals surface area contributed by atoms with Crippen LogP contribution >= 0.6 is 0 Å². The number of piperazine rings is 1. The molecule has 2 atom stereocenters. The zero-order valence-corrected chi connectivity index (χ0v) is 10.1. The van der Waals surface area contributed by atoms with Gasteiger partial charge in [-0.15, -0.1) is 0 Å². The van der Waals surface area contributed by atoms with Crippen molar-refractivity contribution >= 4 is 0 Å². The summed E-state index contributed by atoms with van der Waals surface area (Å²) in [6, 6.07) is 1.36. The molecule has 1 aliphatic rings. The van der Waals surface area contributed by atoms with Gasteiger partial charge in [-0.2, -0.15) is 0 Å². The molecule has 0 bridgehead atoms. The number of nitrogens with one attached hydrogen (secondary N) is 1. The summed E-state index contributed by atoms with van der Waals surface area (Å²) < 4.78 is 0. The van der Waals surface area contributed by atoms with Crippen LogP contribution in [-0.4, -0.2) is 62.2 Å². The van der Waals surface area contributed by atoms with E-state index in [0.29, 0.717) is 6.04 Å². The summed E-state index contributed by atoms with van der Waals surface area (Å²) in [5, 5.41) is 3.29. The molecule has 0 aromatic carbocycles. The van der Waals surface area contributed by atoms with E-state index in [0.717, 1.165) is 6.04 Å². The average Bonchev–Trinajstić information content (AvgIpc) is 2.16. The third-order valence-electron chi connectivity index (χ3n) is 3.31. The van der Waals surface area contributed by atoms with E-state index in [2.05, 4.69) is 36.0 Å². The molecule has 0 aliphatic carbocycles. The van der Waals surface area contributed by atoms with Crippen LogP contribution in [0, 0.1) is 0 Å². The number of likely N-dealkylation sites (N-methyl/N-ethyl adjacent to an activating group) is 1. The fraction of sp³-hybridized carbons (Fsp3) is 1.00. The van der Waals surface area contributed by atoms with Crippen molar-refractivity contribution in [3.8, 4) is 0 Å². The molecule has 3 heteroatoms. The first kappa shape index (κ1) is 12.0. The second kappa shape index (κ2) is 5.69. The molecule has 0 aromatic heterocycles. The van der Waals surface area contributed by atoms with E-state index in [1.54, 1.807) is 0 Å². The summed E-state index contributed by atoms with van der Waals surface area (Å²) in [4.78, 5) is 5.02. The Labute approximate surface area is 88.5 Å². The summed E-state index contributed by atoms with van der Waals surface area (Å²) >= 11 is 0. The maximum absolute atomic E-state index is 3.29. The van der Waals surface area contributed by atoms with E-state index in [9.17, 15) is 0 Å². The molecule has 1 rings (SSSR count). The Balaban J connectivity index is 2.24. The van der Waals surface area contributed by atoms with Crippen LogP contribution in [0.2, 0.25) is 0 Å². The molecule has 14 heavy (non-hydrogen) atoms. The summed E-state index contributed by atoms with van der Waals surface area (Å²) in [6.07, 6.45) is 1.25. The minimum atomic E-state index is 0.641. The van der Waals surface area contributed by atoms with Crippen LogP contribution in [0.25, 0.3) is 0 Å². The van der Waals surface area contributed by atoms with Gasteiger partial charge in [-0.05, 0) is 40.9 Å². The van der Waals surface area contributed by atoms with Gasteiger partial charge in [-0.3, -0.25) is 4.90 Å². The van der Waals surface area contributed by atoms with Gasteiger partial charge in [0.2, 0.25) is 0 Å². The van der Waals surface area contributed by atoms with E-state index in [4.69, 9.17) is 0 Å². The highest BCUT2D eigenvalue weighted by Crippen LogP contribution is 2.08. The molecule has 1 N–H and O–H groups in total. The van der Waals surface area contributed by atoms with Gasteiger partial charge in [-0.1, -0.05) is 0 Å². The predicted octanol–water partition coefficient (Wildman–Crippen LogP) is 0.620. The number of nitrogens with zero attached hydrogens (tertiary/aromatic N) is 2. The lowest BCUT2D eigenvalue weighted by Crippen LogP contribution is -2.51. The van der Waals surface area contributed by atoms with Crippen molar-refractivity contribution in [1.82, 2.24) is 15.1 Å². The Hall–Kier alpha value is -0.120. The zero-order chi connectivity index (χ0) is 10.6. The van der Waals surface area contributed by atoms with Gasteiger partial charge in [0.05, 0.1) is 0 Å². The lowest BCUT2D eigenvalue weighted by atomic mass is 10.1. The van der Waals surface area contributed by atoms with Gasteiger partial charge in [-0.25, -0.2) is 0 Å². The topological polar surface area (TPSA) is 18.5 Å². The SMILES string of the molecule is CNC(C)CCN1CCN(C)CC1C. The highest BCUT2D eigenvalue weighted by atomic mass is 15.3. The van der Waals surface area contributed by atoms with Crippen molar-refractivity contribution in [2.45, 2.75) is 32.4 Å². The summed E-state index contributed by atoms with van der Waals surface area (Å²) in [5.74, 6) is 0. The molecule has 1 saturated heterocycles. The third-order valence-corrected chi connectivity index (χ3v) is 3.31. The first-order valence-electron chi connectivity index (χ1n) is 5.73. The fourth-order valence-electron chi connectivity index (χ4n) is 2.01. The molecule has 3 nitrogen and oxygen atoms in total. The number of hydrogen-bond donors (Lipinski definition) is 1. The molecule has 2 unspecified atom stereocenters. The predicted molar refractivity (Wildman–Crippen MR) is 61.7 cm³/mol. The Morgan fingerprint density at radius 2 is 2.14 bits per heavy atom. The Bertz CT molecular complexity index is 161. The van der Waals surface area contributed by atoms with Gasteiger partial charge >= 0.3 is 0 Å². The van der Waals surface area contributed by atoms with Crippen molar-refractivity contribution in [1.29, 1.82) is 0 Å². The van der Waals surface area contributed by atoms with E-state index in [1.807, 2.05) is 7.05 Å². The minimum Gasteiger partial charge on any atom is -0.317 e. The standard InChI is InChI=1S/C11H25N3/c1-10(12-3)5-6-14-8-7-13(4)9-11(14)2/h10-12H,5-9H2,1-4H3. The Morgan fingerprint density at radius 3 is 2.71 bits per heavy atom. The van der Waals surface area contributed by atoms with E-state index >= 15 is 0 Å². The van der Waals surface area contributed by atoms with Crippen LogP contribution in [0.4, 0.5) is 0 Å². The maximum Gasteiger partial charge on any atom is 0.0195 e. The molecule has 0 radical (unpaired) electrons. The van der Waals surface area contributed by atoms with Crippen molar-refractivity contribution in [2.75, 3.05) is 40.3 Å². The maximum atomic E-state index is 3.29. The minimum absolute atomic E-state index is 0.641. The molecule has 84 valence electrons. The molecule has 1 heterocycles. The van der Waals surface area contributed by atoms with Crippen molar-refractivity contribution in [3.63, 3.8) is 0 Å². The second-order valence-electron chi connectivity index (χ2n) is 4.63. The fourth-order valence-corrected chi connectivity index (χ4v) is 2.01. The number of rotatable bonds is 4. The summed E-state index contributed by atoms with van der Waals surface area (Å²) in [7, 11) is 4.25. The highest BCUT2D eigenvalue weighted by Gasteiger charge is 2.20. The normalized spacial score (nSPS) is 27.9. The van der Waals surface area contributed by atoms with Gasteiger partial charge in [0.15, 0.2) is 0 Å². The summed E-state index contributed by atoms with van der Waals surface area (Å²) in [6.45, 7) is 9.48. The Morgan fingerprint density at radius 1 is 1.43 bits per heavy atom. The second-order valence-corrected chi connectivity index (χ2v) is 4.63. The van der Waals surface area contributed by atoms with E-state index < -0.39 is 0 Å². The molecule has 0 aromatic rings. The smallest absolute Gasteiger partial charge is 0.0195 e. The van der Waals surface area contributed by atoms with Crippen LogP contribution < -0.4 is 5.32 Å². The van der Waals surface area contributed by atoms with Gasteiger partial charge in [0, 0.05) is 31.7 Å². The van der Waals surface area contributed by atoms with Crippen molar-refractivity contribution < 1.29 is 0 Å². The average molecular weight is 199 g/mol. The lowest BCUT2D eigenvalue weighted by molar-refractivity contribution is 0.0969. The molecular weight excluding hydrogens is 174 g/mol. The molecule has 0 saturated carbocycles. The largest absolute Gasteiger partial charge is 0.317 e. The molecule has 0 spiro atoms. The number of hydrogen-bond acceptors (Lipinski definition) is 3. The van der Waals surface area contributed by atoms with Gasteiger partial charge in [0.25, 0.3) is 0 Å². The monoisotopic (exact) mass is 199 g/mol. The molecule has 0 amide bonds. The third kappa shape index (κ3) is 3.56. The van der Waals surface area contributed by atoms with Crippen LogP contribution in [0.15, 0.2) is 0 Å². The molecule has 1 fully saturated rings. The van der Waals surface area contributed by atoms with Crippen LogP contribution in [-0.2, 0) is 0 Å². The Kier molecular flexibility index (Phi) is 4.85. The first-order valence-corrected chi connectivity index (χ1v) is 5.73.